The van der Waals surface area contributed by atoms with E-state index in [-0.39, 0.29) is 5.56 Å². The minimum atomic E-state index is -1.000. The molecule has 1 saturated heterocycles. The molecule has 4 nitrogen and oxygen atoms in total. The van der Waals surface area contributed by atoms with Crippen LogP contribution >= 0.6 is 0 Å². The molecule has 1 aromatic rings. The average Bonchev–Trinajstić information content (AvgIpc) is 2.77. The van der Waals surface area contributed by atoms with Gasteiger partial charge in [0, 0.05) is 11.1 Å². The molecule has 86 valence electrons. The summed E-state index contributed by atoms with van der Waals surface area (Å²) in [5.74, 6) is -1.000. The van der Waals surface area contributed by atoms with Crippen molar-refractivity contribution in [2.45, 2.75) is 12.0 Å². The summed E-state index contributed by atoms with van der Waals surface area (Å²) >= 11 is 0. The number of ether oxygens (including phenoxy) is 1. The zero-order valence-corrected chi connectivity index (χ0v) is 8.61. The SMILES string of the molecule is NC1(c2ccc(C(=O)OF)cc2)CCOC1. The summed E-state index contributed by atoms with van der Waals surface area (Å²) in [5.41, 5.74) is 6.66. The number of carbonyl (C=O) groups is 1. The van der Waals surface area contributed by atoms with Crippen LogP contribution in [-0.4, -0.2) is 19.2 Å². The second-order valence-electron chi connectivity index (χ2n) is 3.90. The normalized spacial score (nSPS) is 24.4. The van der Waals surface area contributed by atoms with E-state index in [1.165, 1.54) is 12.1 Å². The molecule has 1 aromatic carbocycles. The molecule has 2 rings (SSSR count). The van der Waals surface area contributed by atoms with Crippen molar-refractivity contribution in [1.29, 1.82) is 0 Å². The lowest BCUT2D eigenvalue weighted by Gasteiger charge is -2.22. The first-order valence-corrected chi connectivity index (χ1v) is 4.96. The maximum absolute atomic E-state index is 11.7. The molecule has 0 bridgehead atoms. The van der Waals surface area contributed by atoms with Gasteiger partial charge in [-0.15, -0.1) is 0 Å². The van der Waals surface area contributed by atoms with Gasteiger partial charge in [-0.25, -0.2) is 9.74 Å². The lowest BCUT2D eigenvalue weighted by atomic mass is 9.90. The minimum Gasteiger partial charge on any atom is -0.379 e. The second kappa shape index (κ2) is 4.19. The zero-order valence-electron chi connectivity index (χ0n) is 8.61. The van der Waals surface area contributed by atoms with E-state index in [9.17, 15) is 9.32 Å². The van der Waals surface area contributed by atoms with Crippen molar-refractivity contribution in [3.63, 3.8) is 0 Å². The lowest BCUT2D eigenvalue weighted by Crippen LogP contribution is -2.36. The predicted molar refractivity (Wildman–Crippen MR) is 54.3 cm³/mol. The second-order valence-corrected chi connectivity index (χ2v) is 3.90. The summed E-state index contributed by atoms with van der Waals surface area (Å²) in [6, 6.07) is 6.37. The molecule has 0 aliphatic carbocycles. The van der Waals surface area contributed by atoms with E-state index < -0.39 is 11.5 Å². The highest BCUT2D eigenvalue weighted by Gasteiger charge is 2.32. The molecule has 0 amide bonds. The molecule has 0 saturated carbocycles. The molecule has 5 heteroatoms. The predicted octanol–water partition coefficient (Wildman–Crippen LogP) is 1.30. The van der Waals surface area contributed by atoms with E-state index in [2.05, 4.69) is 4.94 Å². The van der Waals surface area contributed by atoms with Gasteiger partial charge in [0.15, 0.2) is 0 Å². The maximum atomic E-state index is 11.7. The summed E-state index contributed by atoms with van der Waals surface area (Å²) in [7, 11) is 0. The van der Waals surface area contributed by atoms with E-state index >= 15 is 0 Å². The van der Waals surface area contributed by atoms with Gasteiger partial charge in [0.25, 0.3) is 0 Å². The average molecular weight is 225 g/mol. The number of nitrogens with two attached hydrogens (primary N) is 1. The van der Waals surface area contributed by atoms with Crippen molar-refractivity contribution in [2.24, 2.45) is 5.73 Å². The molecule has 0 spiro atoms. The Morgan fingerprint density at radius 1 is 1.44 bits per heavy atom. The quantitative estimate of drug-likeness (QED) is 0.824. The number of rotatable bonds is 2. The zero-order chi connectivity index (χ0) is 11.6. The van der Waals surface area contributed by atoms with Crippen LogP contribution in [0.1, 0.15) is 22.3 Å². The Labute approximate surface area is 92.0 Å². The van der Waals surface area contributed by atoms with Crippen LogP contribution in [0.3, 0.4) is 0 Å². The van der Waals surface area contributed by atoms with Gasteiger partial charge in [-0.1, -0.05) is 12.1 Å². The van der Waals surface area contributed by atoms with E-state index in [1.54, 1.807) is 12.1 Å². The van der Waals surface area contributed by atoms with Gasteiger partial charge in [0.1, 0.15) is 0 Å². The highest BCUT2D eigenvalue weighted by Crippen LogP contribution is 2.27. The van der Waals surface area contributed by atoms with Crippen LogP contribution in [0.2, 0.25) is 0 Å². The minimum absolute atomic E-state index is 0.161. The molecule has 1 fully saturated rings. The van der Waals surface area contributed by atoms with E-state index in [0.717, 1.165) is 12.0 Å². The van der Waals surface area contributed by atoms with Crippen molar-refractivity contribution in [3.8, 4) is 0 Å². The fraction of sp³-hybridized carbons (Fsp3) is 0.364. The van der Waals surface area contributed by atoms with Gasteiger partial charge < -0.3 is 10.5 Å². The van der Waals surface area contributed by atoms with Crippen LogP contribution in [-0.2, 0) is 15.2 Å². The third-order valence-corrected chi connectivity index (χ3v) is 2.82. The number of halogens is 1. The Morgan fingerprint density at radius 2 is 2.12 bits per heavy atom. The van der Waals surface area contributed by atoms with E-state index in [1.807, 2.05) is 0 Å². The molecule has 1 unspecified atom stereocenters. The molecule has 2 N–H and O–H groups in total. The van der Waals surface area contributed by atoms with Crippen LogP contribution in [0.4, 0.5) is 4.53 Å². The first kappa shape index (κ1) is 11.0. The Hall–Kier alpha value is -1.46. The third-order valence-electron chi connectivity index (χ3n) is 2.82. The van der Waals surface area contributed by atoms with Crippen LogP contribution in [0.15, 0.2) is 24.3 Å². The summed E-state index contributed by atoms with van der Waals surface area (Å²) in [5, 5.41) is 0. The van der Waals surface area contributed by atoms with Crippen molar-refractivity contribution in [2.75, 3.05) is 13.2 Å². The maximum Gasteiger partial charge on any atom is 0.379 e. The highest BCUT2D eigenvalue weighted by molar-refractivity contribution is 5.88. The third kappa shape index (κ3) is 1.91. The van der Waals surface area contributed by atoms with Gasteiger partial charge >= 0.3 is 5.97 Å². The van der Waals surface area contributed by atoms with Crippen molar-refractivity contribution < 1.29 is 19.0 Å². The molecule has 1 heterocycles. The van der Waals surface area contributed by atoms with Crippen molar-refractivity contribution in [3.05, 3.63) is 35.4 Å². The van der Waals surface area contributed by atoms with Crippen molar-refractivity contribution >= 4 is 5.97 Å². The number of benzene rings is 1. The monoisotopic (exact) mass is 225 g/mol. The number of hydrogen-bond acceptors (Lipinski definition) is 4. The van der Waals surface area contributed by atoms with E-state index in [0.29, 0.717) is 13.2 Å². The highest BCUT2D eigenvalue weighted by atomic mass is 19.3. The molecule has 1 atom stereocenters. The molecule has 0 aromatic heterocycles. The van der Waals surface area contributed by atoms with Gasteiger partial charge in [-0.3, -0.25) is 0 Å². The molecule has 0 radical (unpaired) electrons. The number of carbonyl (C=O) groups excluding carboxylic acids is 1. The van der Waals surface area contributed by atoms with Gasteiger partial charge in [-0.2, -0.15) is 0 Å². The fourth-order valence-corrected chi connectivity index (χ4v) is 1.79. The number of hydrogen-bond donors (Lipinski definition) is 1. The molecular weight excluding hydrogens is 213 g/mol. The lowest BCUT2D eigenvalue weighted by molar-refractivity contribution is -0.0788. The topological polar surface area (TPSA) is 61.6 Å². The Balaban J connectivity index is 2.22. The van der Waals surface area contributed by atoms with Crippen LogP contribution in [0, 0.1) is 0 Å². The van der Waals surface area contributed by atoms with Crippen LogP contribution < -0.4 is 5.73 Å². The van der Waals surface area contributed by atoms with Crippen LogP contribution in [0.25, 0.3) is 0 Å². The largest absolute Gasteiger partial charge is 0.379 e. The smallest absolute Gasteiger partial charge is 0.379 e. The first-order chi connectivity index (χ1) is 7.65. The standard InChI is InChI=1S/C11H12FNO3/c12-16-10(14)8-1-3-9(4-2-8)11(13)5-6-15-7-11/h1-4H,5-7,13H2. The summed E-state index contributed by atoms with van der Waals surface area (Å²) < 4.78 is 16.9. The van der Waals surface area contributed by atoms with Gasteiger partial charge in [0.05, 0.1) is 17.7 Å². The summed E-state index contributed by atoms with van der Waals surface area (Å²) in [6.45, 7) is 1.09. The van der Waals surface area contributed by atoms with E-state index in [4.69, 9.17) is 10.5 Å². The summed E-state index contributed by atoms with van der Waals surface area (Å²) in [6.07, 6.45) is 0.736. The Morgan fingerprint density at radius 3 is 2.62 bits per heavy atom. The van der Waals surface area contributed by atoms with Crippen molar-refractivity contribution in [1.82, 2.24) is 0 Å². The summed E-state index contributed by atoms with van der Waals surface area (Å²) in [4.78, 5) is 14.0. The van der Waals surface area contributed by atoms with Gasteiger partial charge in [-0.05, 0) is 24.1 Å². The fourth-order valence-electron chi connectivity index (χ4n) is 1.79. The molecular formula is C11H12FNO3. The molecule has 1 aliphatic heterocycles. The Bertz CT molecular complexity index is 385. The Kier molecular flexibility index (Phi) is 2.89. The first-order valence-electron chi connectivity index (χ1n) is 4.96. The van der Waals surface area contributed by atoms with Gasteiger partial charge in [0.2, 0.25) is 0 Å². The molecule has 16 heavy (non-hydrogen) atoms. The molecule has 1 aliphatic rings. The van der Waals surface area contributed by atoms with Crippen LogP contribution in [0.5, 0.6) is 0 Å².